The Labute approximate surface area is 193 Å². The van der Waals surface area contributed by atoms with Crippen LogP contribution >= 0.6 is 22.9 Å². The van der Waals surface area contributed by atoms with Gasteiger partial charge in [0.2, 0.25) is 10.0 Å². The van der Waals surface area contributed by atoms with Crippen LogP contribution in [0.1, 0.15) is 9.67 Å². The highest BCUT2D eigenvalue weighted by atomic mass is 35.5. The fourth-order valence-corrected chi connectivity index (χ4v) is 6.48. The number of carbonyl (C=O) groups excluding carboxylic acids is 1. The minimum Gasteiger partial charge on any atom is -0.345 e. The number of hydrogen-bond donors (Lipinski definition) is 1. The van der Waals surface area contributed by atoms with Gasteiger partial charge in [0.1, 0.15) is 20.4 Å². The van der Waals surface area contributed by atoms with Crippen LogP contribution in [0.3, 0.4) is 0 Å². The third-order valence-corrected chi connectivity index (χ3v) is 8.66. The maximum atomic E-state index is 13.2. The van der Waals surface area contributed by atoms with E-state index in [1.807, 2.05) is 18.2 Å². The number of thiazole rings is 1. The molecular weight excluding hydrogens is 470 g/mol. The maximum Gasteiger partial charge on any atom is 0.265 e. The van der Waals surface area contributed by atoms with E-state index in [1.165, 1.54) is 21.8 Å². The molecule has 1 aliphatic heterocycles. The molecule has 5 rings (SSSR count). The summed E-state index contributed by atoms with van der Waals surface area (Å²) in [6.07, 6.45) is 4.63. The van der Waals surface area contributed by atoms with Crippen LogP contribution in [-0.2, 0) is 10.0 Å². The zero-order chi connectivity index (χ0) is 22.3. The monoisotopic (exact) mass is 487 g/mol. The molecule has 3 aromatic heterocycles. The highest BCUT2D eigenvalue weighted by Crippen LogP contribution is 2.32. The number of piperazine rings is 1. The number of H-pyrrole nitrogens is 1. The van der Waals surface area contributed by atoms with Gasteiger partial charge in [-0.1, -0.05) is 29.8 Å². The standard InChI is InChI=1S/C21H18ClN5O3S2/c22-16-6-2-1-4-14(16)20-25-12-17(31-20)21(28)26-8-10-27(11-9-26)32(29,30)18-13-24-19-15(18)5-3-7-23-19/h1-7,12-13H,8-11H2,(H,23,24). The van der Waals surface area contributed by atoms with Crippen molar-refractivity contribution in [2.75, 3.05) is 26.2 Å². The smallest absolute Gasteiger partial charge is 0.265 e. The molecule has 0 aliphatic carbocycles. The molecule has 4 aromatic rings. The first-order valence-electron chi connectivity index (χ1n) is 9.87. The van der Waals surface area contributed by atoms with Crippen LogP contribution in [0.5, 0.6) is 0 Å². The number of aromatic amines is 1. The lowest BCUT2D eigenvalue weighted by Crippen LogP contribution is -2.50. The van der Waals surface area contributed by atoms with Gasteiger partial charge in [-0.05, 0) is 18.2 Å². The second-order valence-electron chi connectivity index (χ2n) is 7.26. The van der Waals surface area contributed by atoms with Crippen LogP contribution in [0.4, 0.5) is 0 Å². The van der Waals surface area contributed by atoms with E-state index in [9.17, 15) is 13.2 Å². The van der Waals surface area contributed by atoms with Crippen LogP contribution in [-0.4, -0.2) is 64.7 Å². The number of sulfonamides is 1. The molecule has 0 radical (unpaired) electrons. The minimum atomic E-state index is -3.70. The SMILES string of the molecule is O=C(c1cnc(-c2ccccc2Cl)s1)N1CCN(S(=O)(=O)c2c[nH]c3ncccc23)CC1. The van der Waals surface area contributed by atoms with Crippen molar-refractivity contribution in [2.24, 2.45) is 0 Å². The number of aromatic nitrogens is 3. The lowest BCUT2D eigenvalue weighted by atomic mass is 10.2. The third-order valence-electron chi connectivity index (χ3n) is 5.38. The quantitative estimate of drug-likeness (QED) is 0.475. The Kier molecular flexibility index (Phi) is 5.46. The molecule has 1 saturated heterocycles. The molecule has 1 aliphatic rings. The van der Waals surface area contributed by atoms with E-state index in [4.69, 9.17) is 11.6 Å². The van der Waals surface area contributed by atoms with E-state index in [0.717, 1.165) is 5.56 Å². The molecule has 11 heteroatoms. The average Bonchev–Trinajstić information content (AvgIpc) is 3.47. The van der Waals surface area contributed by atoms with Gasteiger partial charge < -0.3 is 9.88 Å². The topological polar surface area (TPSA) is 99.3 Å². The highest BCUT2D eigenvalue weighted by Gasteiger charge is 2.32. The molecule has 0 saturated carbocycles. The van der Waals surface area contributed by atoms with E-state index in [2.05, 4.69) is 15.0 Å². The molecule has 164 valence electrons. The Bertz CT molecular complexity index is 1410. The summed E-state index contributed by atoms with van der Waals surface area (Å²) in [4.78, 5) is 26.7. The number of rotatable bonds is 4. The molecule has 1 amide bonds. The van der Waals surface area contributed by atoms with Crippen molar-refractivity contribution in [3.63, 3.8) is 0 Å². The first-order chi connectivity index (χ1) is 15.4. The van der Waals surface area contributed by atoms with Gasteiger partial charge in [0.25, 0.3) is 5.91 Å². The molecule has 0 bridgehead atoms. The second kappa shape index (κ2) is 8.28. The van der Waals surface area contributed by atoms with Crippen molar-refractivity contribution >= 4 is 49.9 Å². The number of benzene rings is 1. The lowest BCUT2D eigenvalue weighted by molar-refractivity contribution is 0.0702. The van der Waals surface area contributed by atoms with Crippen molar-refractivity contribution in [1.82, 2.24) is 24.2 Å². The molecule has 0 unspecified atom stereocenters. The number of pyridine rings is 1. The molecule has 1 fully saturated rings. The normalized spacial score (nSPS) is 15.3. The average molecular weight is 488 g/mol. The van der Waals surface area contributed by atoms with Crippen molar-refractivity contribution in [3.05, 3.63) is 64.9 Å². The predicted molar refractivity (Wildman–Crippen MR) is 123 cm³/mol. The van der Waals surface area contributed by atoms with Crippen LogP contribution in [0, 0.1) is 0 Å². The first kappa shape index (κ1) is 21.1. The summed E-state index contributed by atoms with van der Waals surface area (Å²) < 4.78 is 27.7. The number of fused-ring (bicyclic) bond motifs is 1. The number of nitrogens with zero attached hydrogens (tertiary/aromatic N) is 4. The summed E-state index contributed by atoms with van der Waals surface area (Å²) >= 11 is 7.51. The van der Waals surface area contributed by atoms with Gasteiger partial charge in [0, 0.05) is 49.5 Å². The second-order valence-corrected chi connectivity index (χ2v) is 10.6. The summed E-state index contributed by atoms with van der Waals surface area (Å²) in [5.41, 5.74) is 1.31. The Morgan fingerprint density at radius 2 is 1.84 bits per heavy atom. The summed E-state index contributed by atoms with van der Waals surface area (Å²) in [5, 5.41) is 1.81. The maximum absolute atomic E-state index is 13.2. The zero-order valence-corrected chi connectivity index (χ0v) is 19.1. The van der Waals surface area contributed by atoms with Gasteiger partial charge in [-0.25, -0.2) is 18.4 Å². The van der Waals surface area contributed by atoms with Gasteiger partial charge in [0.05, 0.1) is 11.2 Å². The fraction of sp³-hybridized carbons (Fsp3) is 0.190. The van der Waals surface area contributed by atoms with Crippen LogP contribution in [0.2, 0.25) is 5.02 Å². The number of carbonyl (C=O) groups is 1. The Morgan fingerprint density at radius 1 is 1.06 bits per heavy atom. The molecule has 8 nitrogen and oxygen atoms in total. The Hall–Kier alpha value is -2.79. The van der Waals surface area contributed by atoms with Crippen LogP contribution < -0.4 is 0 Å². The van der Waals surface area contributed by atoms with Crippen molar-refractivity contribution < 1.29 is 13.2 Å². The van der Waals surface area contributed by atoms with Gasteiger partial charge in [-0.3, -0.25) is 4.79 Å². The van der Waals surface area contributed by atoms with E-state index in [0.29, 0.717) is 39.0 Å². The van der Waals surface area contributed by atoms with Crippen LogP contribution in [0.15, 0.2) is 59.9 Å². The van der Waals surface area contributed by atoms with E-state index >= 15 is 0 Å². The zero-order valence-electron chi connectivity index (χ0n) is 16.7. The largest absolute Gasteiger partial charge is 0.345 e. The predicted octanol–water partition coefficient (Wildman–Crippen LogP) is 3.49. The van der Waals surface area contributed by atoms with E-state index in [1.54, 1.807) is 35.5 Å². The van der Waals surface area contributed by atoms with Gasteiger partial charge in [-0.2, -0.15) is 4.31 Å². The Morgan fingerprint density at radius 3 is 2.62 bits per heavy atom. The number of amides is 1. The number of hydrogen-bond acceptors (Lipinski definition) is 6. The van der Waals surface area contributed by atoms with Crippen molar-refractivity contribution in [2.45, 2.75) is 4.90 Å². The van der Waals surface area contributed by atoms with Gasteiger partial charge in [0.15, 0.2) is 0 Å². The summed E-state index contributed by atoms with van der Waals surface area (Å²) in [7, 11) is -3.70. The summed E-state index contributed by atoms with van der Waals surface area (Å²) in [5.74, 6) is -0.158. The van der Waals surface area contributed by atoms with Crippen LogP contribution in [0.25, 0.3) is 21.6 Å². The number of nitrogens with one attached hydrogen (secondary N) is 1. The van der Waals surface area contributed by atoms with Crippen molar-refractivity contribution in [1.29, 1.82) is 0 Å². The molecular formula is C21H18ClN5O3S2. The first-order valence-corrected chi connectivity index (χ1v) is 12.5. The lowest BCUT2D eigenvalue weighted by Gasteiger charge is -2.33. The van der Waals surface area contributed by atoms with Gasteiger partial charge >= 0.3 is 0 Å². The van der Waals surface area contributed by atoms with Crippen molar-refractivity contribution in [3.8, 4) is 10.6 Å². The summed E-state index contributed by atoms with van der Waals surface area (Å²) in [6, 6.07) is 10.8. The highest BCUT2D eigenvalue weighted by molar-refractivity contribution is 7.89. The Balaban J connectivity index is 1.30. The van der Waals surface area contributed by atoms with E-state index in [-0.39, 0.29) is 23.9 Å². The van der Waals surface area contributed by atoms with Gasteiger partial charge in [-0.15, -0.1) is 11.3 Å². The molecule has 32 heavy (non-hydrogen) atoms. The van der Waals surface area contributed by atoms with E-state index < -0.39 is 10.0 Å². The molecule has 1 N–H and O–H groups in total. The third kappa shape index (κ3) is 3.69. The molecule has 0 spiro atoms. The molecule has 0 atom stereocenters. The molecule has 1 aromatic carbocycles. The number of halogens is 1. The molecule has 4 heterocycles. The minimum absolute atomic E-state index is 0.158. The summed E-state index contributed by atoms with van der Waals surface area (Å²) in [6.45, 7) is 1.05. The fourth-order valence-electron chi connectivity index (χ4n) is 3.70.